The van der Waals surface area contributed by atoms with Gasteiger partial charge >= 0.3 is 0 Å². The summed E-state index contributed by atoms with van der Waals surface area (Å²) in [6, 6.07) is 72.4. The van der Waals surface area contributed by atoms with E-state index in [1.54, 1.807) is 0 Å². The Balaban J connectivity index is 1.01. The number of nitrogens with zero attached hydrogens (tertiary/aromatic N) is 3. The van der Waals surface area contributed by atoms with Crippen molar-refractivity contribution in [1.29, 1.82) is 0 Å². The molecule has 11 aromatic rings. The number of benzene rings is 8. The maximum absolute atomic E-state index is 5.51. The molecule has 0 bridgehead atoms. The Labute approximate surface area is 351 Å². The van der Waals surface area contributed by atoms with Crippen molar-refractivity contribution in [3.05, 3.63) is 222 Å². The summed E-state index contributed by atoms with van der Waals surface area (Å²) >= 11 is 1.89. The Hall–Kier alpha value is -7.40. The van der Waals surface area contributed by atoms with E-state index in [4.69, 9.17) is 15.0 Å². The van der Waals surface area contributed by atoms with E-state index >= 15 is 0 Å². The fraction of sp³-hybridized carbons (Fsp3) is 0.0179. The number of hydrogen-bond donors (Lipinski definition) is 0. The third kappa shape index (κ3) is 4.71. The smallest absolute Gasteiger partial charge is 0.0972 e. The zero-order valence-electron chi connectivity index (χ0n) is 32.3. The number of fused-ring (bicyclic) bond motifs is 16. The van der Waals surface area contributed by atoms with Crippen molar-refractivity contribution in [1.82, 2.24) is 15.0 Å². The van der Waals surface area contributed by atoms with Crippen LogP contribution in [0.1, 0.15) is 22.3 Å². The van der Waals surface area contributed by atoms with Crippen molar-refractivity contribution in [2.24, 2.45) is 0 Å². The highest BCUT2D eigenvalue weighted by Crippen LogP contribution is 2.63. The molecule has 0 saturated carbocycles. The highest BCUT2D eigenvalue weighted by atomic mass is 32.2. The summed E-state index contributed by atoms with van der Waals surface area (Å²) in [6.45, 7) is 0. The summed E-state index contributed by atoms with van der Waals surface area (Å²) < 4.78 is 0. The minimum atomic E-state index is -0.464. The molecule has 0 N–H and O–H groups in total. The van der Waals surface area contributed by atoms with Crippen LogP contribution < -0.4 is 0 Å². The summed E-state index contributed by atoms with van der Waals surface area (Å²) in [4.78, 5) is 18.5. The van der Waals surface area contributed by atoms with Crippen molar-refractivity contribution < 1.29 is 0 Å². The third-order valence-electron chi connectivity index (χ3n) is 12.7. The molecular weight excluding hydrogens is 747 g/mol. The molecule has 1 aliphatic carbocycles. The molecule has 0 unspecified atom stereocenters. The van der Waals surface area contributed by atoms with E-state index in [9.17, 15) is 0 Å². The van der Waals surface area contributed by atoms with Crippen LogP contribution in [-0.2, 0) is 5.41 Å². The first-order valence-corrected chi connectivity index (χ1v) is 21.3. The van der Waals surface area contributed by atoms with Crippen LogP contribution in [0.4, 0.5) is 0 Å². The summed E-state index contributed by atoms with van der Waals surface area (Å²) in [6.07, 6.45) is 0. The molecule has 2 aliphatic rings. The molecule has 278 valence electrons. The molecule has 60 heavy (non-hydrogen) atoms. The zero-order valence-corrected chi connectivity index (χ0v) is 33.1. The molecule has 0 amide bonds. The normalized spacial score (nSPS) is 13.4. The van der Waals surface area contributed by atoms with Gasteiger partial charge in [-0.3, -0.25) is 0 Å². The number of aromatic nitrogens is 3. The maximum Gasteiger partial charge on any atom is 0.0972 e. The van der Waals surface area contributed by atoms with Crippen LogP contribution in [0, 0.1) is 0 Å². The monoisotopic (exact) mass is 779 g/mol. The molecule has 1 spiro atoms. The first-order chi connectivity index (χ1) is 29.7. The summed E-state index contributed by atoms with van der Waals surface area (Å²) in [5, 5.41) is 5.71. The van der Waals surface area contributed by atoms with Gasteiger partial charge in [-0.25, -0.2) is 15.0 Å². The quantitative estimate of drug-likeness (QED) is 0.167. The molecule has 3 aromatic heterocycles. The molecular formula is C56H33N3S. The summed E-state index contributed by atoms with van der Waals surface area (Å²) in [5.74, 6) is 0. The predicted molar refractivity (Wildman–Crippen MR) is 248 cm³/mol. The van der Waals surface area contributed by atoms with Crippen molar-refractivity contribution in [3.8, 4) is 44.9 Å². The lowest BCUT2D eigenvalue weighted by molar-refractivity contribution is 0.726. The molecule has 0 fully saturated rings. The second kappa shape index (κ2) is 12.8. The summed E-state index contributed by atoms with van der Waals surface area (Å²) in [5.41, 5.74) is 16.3. The number of para-hydroxylation sites is 1. The Morgan fingerprint density at radius 3 is 1.62 bits per heavy atom. The Kier molecular flexibility index (Phi) is 7.16. The molecule has 0 radical (unpaired) electrons. The average Bonchev–Trinajstić information content (AvgIpc) is 3.61. The minimum Gasteiger partial charge on any atom is -0.247 e. The lowest BCUT2D eigenvalue weighted by Crippen LogP contribution is -2.32. The lowest BCUT2D eigenvalue weighted by Gasteiger charge is -2.40. The van der Waals surface area contributed by atoms with Crippen molar-refractivity contribution in [3.63, 3.8) is 0 Å². The topological polar surface area (TPSA) is 38.7 Å². The van der Waals surface area contributed by atoms with Gasteiger partial charge < -0.3 is 0 Å². The van der Waals surface area contributed by atoms with Gasteiger partial charge in [0.25, 0.3) is 0 Å². The third-order valence-corrected chi connectivity index (χ3v) is 13.9. The molecule has 4 heteroatoms. The van der Waals surface area contributed by atoms with Crippen LogP contribution >= 0.6 is 11.8 Å². The second-order valence-corrected chi connectivity index (χ2v) is 16.9. The fourth-order valence-electron chi connectivity index (χ4n) is 10.1. The van der Waals surface area contributed by atoms with Gasteiger partial charge in [0.15, 0.2) is 0 Å². The van der Waals surface area contributed by atoms with Gasteiger partial charge in [0.2, 0.25) is 0 Å². The van der Waals surface area contributed by atoms with E-state index in [1.165, 1.54) is 53.9 Å². The molecule has 1 aliphatic heterocycles. The van der Waals surface area contributed by atoms with Gasteiger partial charge in [-0.05, 0) is 63.0 Å². The zero-order chi connectivity index (χ0) is 39.4. The average molecular weight is 780 g/mol. The van der Waals surface area contributed by atoms with Gasteiger partial charge in [0, 0.05) is 48.0 Å². The van der Waals surface area contributed by atoms with Gasteiger partial charge in [0.05, 0.1) is 39.0 Å². The molecule has 3 nitrogen and oxygen atoms in total. The van der Waals surface area contributed by atoms with Crippen molar-refractivity contribution in [2.45, 2.75) is 15.2 Å². The highest BCUT2D eigenvalue weighted by molar-refractivity contribution is 7.99. The SMILES string of the molecule is c1ccc(-c2ccc3ccc4ccc(-c5ccc(-c6nc7ccccc7c7ccc8c(c67)Sc6ccccc6C86c7ccccc7-c7ccccc76)cc5)nc4c3n2)cc1. The van der Waals surface area contributed by atoms with E-state index < -0.39 is 5.41 Å². The Morgan fingerprint density at radius 1 is 0.367 bits per heavy atom. The molecule has 0 saturated heterocycles. The van der Waals surface area contributed by atoms with E-state index in [-0.39, 0.29) is 0 Å². The van der Waals surface area contributed by atoms with Crippen LogP contribution in [0.15, 0.2) is 210 Å². The summed E-state index contributed by atoms with van der Waals surface area (Å²) in [7, 11) is 0. The molecule has 13 rings (SSSR count). The number of hydrogen-bond acceptors (Lipinski definition) is 4. The van der Waals surface area contributed by atoms with Crippen LogP contribution in [0.5, 0.6) is 0 Å². The second-order valence-electron chi connectivity index (χ2n) is 15.8. The largest absolute Gasteiger partial charge is 0.247 e. The van der Waals surface area contributed by atoms with Crippen LogP contribution in [0.2, 0.25) is 0 Å². The first kappa shape index (κ1) is 33.6. The van der Waals surface area contributed by atoms with E-state index in [2.05, 4.69) is 194 Å². The lowest BCUT2D eigenvalue weighted by atomic mass is 9.67. The number of rotatable bonds is 3. The van der Waals surface area contributed by atoms with Gasteiger partial charge in [0.1, 0.15) is 0 Å². The maximum atomic E-state index is 5.51. The van der Waals surface area contributed by atoms with Crippen molar-refractivity contribution >= 4 is 55.2 Å². The van der Waals surface area contributed by atoms with Gasteiger partial charge in [-0.2, -0.15) is 0 Å². The van der Waals surface area contributed by atoms with E-state index in [0.717, 1.165) is 66.5 Å². The van der Waals surface area contributed by atoms with Gasteiger partial charge in [-0.15, -0.1) is 0 Å². The van der Waals surface area contributed by atoms with E-state index in [1.807, 2.05) is 17.8 Å². The van der Waals surface area contributed by atoms with Crippen LogP contribution in [-0.4, -0.2) is 15.0 Å². The Bertz CT molecular complexity index is 3530. The highest BCUT2D eigenvalue weighted by Gasteiger charge is 2.50. The molecule has 0 atom stereocenters. The molecule has 8 aromatic carbocycles. The van der Waals surface area contributed by atoms with Gasteiger partial charge in [-0.1, -0.05) is 188 Å². The Morgan fingerprint density at radius 2 is 0.917 bits per heavy atom. The predicted octanol–water partition coefficient (Wildman–Crippen LogP) is 14.3. The van der Waals surface area contributed by atoms with Crippen LogP contribution in [0.25, 0.3) is 88.4 Å². The standard InChI is InChI=1S/C56H33N3S/c1-2-12-34(13-3-1)47-32-28-37-26-27-38-29-33-48(58-54(38)53(37)57-47)35-22-24-36(25-23-35)52-51-42(41-16-6-10-20-49(41)59-52)30-31-46-55(51)60-50-21-11-9-19-45(50)56(46)43-17-7-4-14-39(43)40-15-5-8-18-44(40)56/h1-33H. The first-order valence-electron chi connectivity index (χ1n) is 20.4. The van der Waals surface area contributed by atoms with Crippen LogP contribution in [0.3, 0.4) is 0 Å². The van der Waals surface area contributed by atoms with Crippen molar-refractivity contribution in [2.75, 3.05) is 0 Å². The fourth-order valence-corrected chi connectivity index (χ4v) is 11.4. The minimum absolute atomic E-state index is 0.464. The number of pyridine rings is 3. The van der Waals surface area contributed by atoms with E-state index in [0.29, 0.717) is 0 Å². The molecule has 4 heterocycles.